The SMILES string of the molecule is Cc1ccc(OCC(=O)NC2(c3ccc(F)cc3)CC2)cc1. The van der Waals surface area contributed by atoms with Gasteiger partial charge in [0.05, 0.1) is 5.54 Å². The van der Waals surface area contributed by atoms with E-state index in [0.717, 1.165) is 24.0 Å². The molecule has 1 aliphatic rings. The number of hydrogen-bond acceptors (Lipinski definition) is 2. The first-order chi connectivity index (χ1) is 10.6. The largest absolute Gasteiger partial charge is 0.484 e. The summed E-state index contributed by atoms with van der Waals surface area (Å²) in [4.78, 5) is 12.1. The molecule has 3 nitrogen and oxygen atoms in total. The Labute approximate surface area is 129 Å². The van der Waals surface area contributed by atoms with Crippen LogP contribution in [0.4, 0.5) is 4.39 Å². The average Bonchev–Trinajstić information content (AvgIpc) is 3.28. The van der Waals surface area contributed by atoms with Crippen LogP contribution in [-0.2, 0) is 10.3 Å². The number of hydrogen-bond donors (Lipinski definition) is 1. The molecule has 2 aromatic rings. The highest BCUT2D eigenvalue weighted by Gasteiger charge is 2.45. The van der Waals surface area contributed by atoms with Gasteiger partial charge in [-0.1, -0.05) is 29.8 Å². The molecule has 3 rings (SSSR count). The third kappa shape index (κ3) is 3.27. The second-order valence-electron chi connectivity index (χ2n) is 5.74. The van der Waals surface area contributed by atoms with Crippen LogP contribution in [0, 0.1) is 12.7 Å². The van der Waals surface area contributed by atoms with Gasteiger partial charge in [-0.15, -0.1) is 0 Å². The number of aryl methyl sites for hydroxylation is 1. The summed E-state index contributed by atoms with van der Waals surface area (Å²) in [6.07, 6.45) is 1.74. The molecule has 1 saturated carbocycles. The monoisotopic (exact) mass is 299 g/mol. The molecule has 0 aromatic heterocycles. The molecule has 0 spiro atoms. The molecule has 1 N–H and O–H groups in total. The number of nitrogens with one attached hydrogen (secondary N) is 1. The van der Waals surface area contributed by atoms with E-state index in [1.165, 1.54) is 12.1 Å². The minimum Gasteiger partial charge on any atom is -0.484 e. The lowest BCUT2D eigenvalue weighted by molar-refractivity contribution is -0.124. The number of carbonyl (C=O) groups excluding carboxylic acids is 1. The van der Waals surface area contributed by atoms with E-state index in [2.05, 4.69) is 5.32 Å². The predicted molar refractivity (Wildman–Crippen MR) is 82.1 cm³/mol. The lowest BCUT2D eigenvalue weighted by atomic mass is 10.1. The first-order valence-electron chi connectivity index (χ1n) is 7.34. The molecular formula is C18H18FNO2. The summed E-state index contributed by atoms with van der Waals surface area (Å²) in [5, 5.41) is 3.00. The number of benzene rings is 2. The van der Waals surface area contributed by atoms with Gasteiger partial charge in [0.2, 0.25) is 0 Å². The third-order valence-corrected chi connectivity index (χ3v) is 3.92. The van der Waals surface area contributed by atoms with Crippen LogP contribution in [0.1, 0.15) is 24.0 Å². The fourth-order valence-corrected chi connectivity index (χ4v) is 2.47. The summed E-state index contributed by atoms with van der Waals surface area (Å²) in [6.45, 7) is 1.97. The smallest absolute Gasteiger partial charge is 0.258 e. The first-order valence-corrected chi connectivity index (χ1v) is 7.34. The van der Waals surface area contributed by atoms with Crippen molar-refractivity contribution in [1.29, 1.82) is 0 Å². The Kier molecular flexibility index (Phi) is 3.84. The van der Waals surface area contributed by atoms with Crippen molar-refractivity contribution in [2.45, 2.75) is 25.3 Å². The zero-order valence-electron chi connectivity index (χ0n) is 12.4. The summed E-state index contributed by atoms with van der Waals surface area (Å²) in [5.74, 6) is 0.239. The topological polar surface area (TPSA) is 38.3 Å². The van der Waals surface area contributed by atoms with Crippen molar-refractivity contribution in [3.63, 3.8) is 0 Å². The van der Waals surface area contributed by atoms with Crippen LogP contribution in [-0.4, -0.2) is 12.5 Å². The molecule has 0 heterocycles. The van der Waals surface area contributed by atoms with Crippen molar-refractivity contribution in [1.82, 2.24) is 5.32 Å². The molecule has 1 aliphatic carbocycles. The molecule has 0 aliphatic heterocycles. The Bertz CT molecular complexity index is 660. The van der Waals surface area contributed by atoms with Crippen LogP contribution >= 0.6 is 0 Å². The maximum Gasteiger partial charge on any atom is 0.258 e. The fraction of sp³-hybridized carbons (Fsp3) is 0.278. The molecule has 0 bridgehead atoms. The predicted octanol–water partition coefficient (Wildman–Crippen LogP) is 3.32. The molecule has 2 aromatic carbocycles. The average molecular weight is 299 g/mol. The van der Waals surface area contributed by atoms with Crippen LogP contribution in [0.25, 0.3) is 0 Å². The van der Waals surface area contributed by atoms with E-state index in [9.17, 15) is 9.18 Å². The van der Waals surface area contributed by atoms with E-state index in [-0.39, 0.29) is 23.9 Å². The molecule has 1 amide bonds. The van der Waals surface area contributed by atoms with E-state index in [1.807, 2.05) is 31.2 Å². The van der Waals surface area contributed by atoms with E-state index in [0.29, 0.717) is 5.75 Å². The Balaban J connectivity index is 1.57. The van der Waals surface area contributed by atoms with Gasteiger partial charge in [0.1, 0.15) is 11.6 Å². The minimum atomic E-state index is -0.346. The molecule has 0 atom stereocenters. The summed E-state index contributed by atoms with van der Waals surface area (Å²) in [5.41, 5.74) is 1.74. The Hall–Kier alpha value is -2.36. The van der Waals surface area contributed by atoms with Crippen molar-refractivity contribution in [2.75, 3.05) is 6.61 Å². The maximum absolute atomic E-state index is 13.0. The number of ether oxygens (including phenoxy) is 1. The second-order valence-corrected chi connectivity index (χ2v) is 5.74. The molecule has 0 unspecified atom stereocenters. The number of carbonyl (C=O) groups is 1. The molecule has 22 heavy (non-hydrogen) atoms. The summed E-state index contributed by atoms with van der Waals surface area (Å²) < 4.78 is 18.5. The van der Waals surface area contributed by atoms with Gasteiger partial charge >= 0.3 is 0 Å². The Morgan fingerprint density at radius 2 is 1.77 bits per heavy atom. The second kappa shape index (κ2) is 5.79. The van der Waals surface area contributed by atoms with E-state index in [4.69, 9.17) is 4.74 Å². The lowest BCUT2D eigenvalue weighted by Gasteiger charge is -2.18. The van der Waals surface area contributed by atoms with E-state index in [1.54, 1.807) is 12.1 Å². The highest BCUT2D eigenvalue weighted by atomic mass is 19.1. The maximum atomic E-state index is 13.0. The van der Waals surface area contributed by atoms with E-state index >= 15 is 0 Å². The van der Waals surface area contributed by atoms with Crippen molar-refractivity contribution in [2.24, 2.45) is 0 Å². The highest BCUT2D eigenvalue weighted by molar-refractivity contribution is 5.79. The zero-order valence-corrected chi connectivity index (χ0v) is 12.4. The number of amides is 1. The Morgan fingerprint density at radius 3 is 2.36 bits per heavy atom. The van der Waals surface area contributed by atoms with Crippen molar-refractivity contribution in [3.8, 4) is 5.75 Å². The summed E-state index contributed by atoms with van der Waals surface area (Å²) in [7, 11) is 0. The molecule has 0 radical (unpaired) electrons. The van der Waals surface area contributed by atoms with Gasteiger partial charge in [0.15, 0.2) is 6.61 Å². The summed E-state index contributed by atoms with van der Waals surface area (Å²) in [6, 6.07) is 13.9. The van der Waals surface area contributed by atoms with Gasteiger partial charge in [0, 0.05) is 0 Å². The van der Waals surface area contributed by atoms with Crippen LogP contribution in [0.3, 0.4) is 0 Å². The van der Waals surface area contributed by atoms with Crippen molar-refractivity contribution < 1.29 is 13.9 Å². The molecule has 114 valence electrons. The quantitative estimate of drug-likeness (QED) is 0.920. The molecule has 1 fully saturated rings. The molecule has 0 saturated heterocycles. The van der Waals surface area contributed by atoms with Crippen LogP contribution in [0.15, 0.2) is 48.5 Å². The van der Waals surface area contributed by atoms with Crippen LogP contribution < -0.4 is 10.1 Å². The van der Waals surface area contributed by atoms with Crippen LogP contribution in [0.5, 0.6) is 5.75 Å². The van der Waals surface area contributed by atoms with Gasteiger partial charge in [-0.3, -0.25) is 4.79 Å². The highest BCUT2D eigenvalue weighted by Crippen LogP contribution is 2.45. The van der Waals surface area contributed by atoms with Crippen molar-refractivity contribution in [3.05, 3.63) is 65.5 Å². The van der Waals surface area contributed by atoms with Gasteiger partial charge < -0.3 is 10.1 Å². The normalized spacial score (nSPS) is 15.2. The first kappa shape index (κ1) is 14.6. The third-order valence-electron chi connectivity index (χ3n) is 3.92. The lowest BCUT2D eigenvalue weighted by Crippen LogP contribution is -2.38. The van der Waals surface area contributed by atoms with Gasteiger partial charge in [-0.05, 0) is 49.6 Å². The zero-order chi connectivity index (χ0) is 15.6. The molecule has 4 heteroatoms. The van der Waals surface area contributed by atoms with Gasteiger partial charge in [-0.2, -0.15) is 0 Å². The van der Waals surface area contributed by atoms with E-state index < -0.39 is 0 Å². The number of rotatable bonds is 5. The molecular weight excluding hydrogens is 281 g/mol. The van der Waals surface area contributed by atoms with Gasteiger partial charge in [-0.25, -0.2) is 4.39 Å². The van der Waals surface area contributed by atoms with Gasteiger partial charge in [0.25, 0.3) is 5.91 Å². The Morgan fingerprint density at radius 1 is 1.14 bits per heavy atom. The minimum absolute atomic E-state index is 0.0218. The fourth-order valence-electron chi connectivity index (χ4n) is 2.47. The van der Waals surface area contributed by atoms with Crippen LogP contribution in [0.2, 0.25) is 0 Å². The number of halogens is 1. The standard InChI is InChI=1S/C18H18FNO2/c1-13-2-8-16(9-3-13)22-12-17(21)20-18(10-11-18)14-4-6-15(19)7-5-14/h2-9H,10-12H2,1H3,(H,20,21). The summed E-state index contributed by atoms with van der Waals surface area (Å²) >= 11 is 0. The van der Waals surface area contributed by atoms with Crippen molar-refractivity contribution >= 4 is 5.91 Å².